The van der Waals surface area contributed by atoms with Crippen molar-refractivity contribution in [1.82, 2.24) is 0 Å². The lowest BCUT2D eigenvalue weighted by Crippen LogP contribution is -2.30. The Labute approximate surface area is 562 Å². The van der Waals surface area contributed by atoms with Gasteiger partial charge in [-0.15, -0.1) is 0 Å². The molecular weight excluding hydrogens is 1210 g/mol. The third-order valence-corrected chi connectivity index (χ3v) is 18.9. The van der Waals surface area contributed by atoms with Crippen molar-refractivity contribution in [2.75, 3.05) is 39.6 Å². The Morgan fingerprint density at radius 1 is 0.293 bits per heavy atom. The molecule has 0 rings (SSSR count). The van der Waals surface area contributed by atoms with E-state index in [-0.39, 0.29) is 25.7 Å². The summed E-state index contributed by atoms with van der Waals surface area (Å²) < 4.78 is 68.2. The molecule has 0 aromatic carbocycles. The third-order valence-electron chi connectivity index (χ3n) is 17.0. The molecule has 19 heteroatoms. The second-order valence-electron chi connectivity index (χ2n) is 26.8. The first kappa shape index (κ1) is 90.1. The van der Waals surface area contributed by atoms with Crippen LogP contribution in [0.5, 0.6) is 0 Å². The molecule has 5 atom stereocenters. The topological polar surface area (TPSA) is 237 Å². The van der Waals surface area contributed by atoms with Crippen LogP contribution in [0, 0.1) is 5.92 Å². The number of carbonyl (C=O) groups excluding carboxylic acids is 4. The minimum absolute atomic E-state index is 0.105. The summed E-state index contributed by atoms with van der Waals surface area (Å²) in [6.45, 7) is 7.24. The molecule has 0 radical (unpaired) electrons. The molecule has 546 valence electrons. The van der Waals surface area contributed by atoms with E-state index in [4.69, 9.17) is 37.0 Å². The number of rotatable bonds is 73. The fourth-order valence-electron chi connectivity index (χ4n) is 11.2. The fourth-order valence-corrected chi connectivity index (χ4v) is 12.8. The van der Waals surface area contributed by atoms with Gasteiger partial charge in [0.1, 0.15) is 19.3 Å². The van der Waals surface area contributed by atoms with E-state index in [1.54, 1.807) is 0 Å². The summed E-state index contributed by atoms with van der Waals surface area (Å²) in [5.41, 5.74) is 0. The van der Waals surface area contributed by atoms with Gasteiger partial charge in [-0.1, -0.05) is 330 Å². The highest BCUT2D eigenvalue weighted by atomic mass is 31.2. The zero-order chi connectivity index (χ0) is 67.7. The van der Waals surface area contributed by atoms with E-state index in [0.717, 1.165) is 109 Å². The van der Waals surface area contributed by atoms with Gasteiger partial charge in [-0.3, -0.25) is 37.3 Å². The molecular formula is C73H142O17P2. The minimum atomic E-state index is -4.95. The molecule has 0 amide bonds. The number of esters is 4. The molecule has 3 N–H and O–H groups in total. The molecule has 0 fully saturated rings. The van der Waals surface area contributed by atoms with E-state index in [1.807, 2.05) is 0 Å². The molecule has 2 unspecified atom stereocenters. The Bertz CT molecular complexity index is 1770. The molecule has 0 saturated carbocycles. The number of phosphoric acid groups is 2. The number of unbranched alkanes of at least 4 members (excludes halogenated alkanes) is 45. The lowest BCUT2D eigenvalue weighted by Gasteiger charge is -2.21. The van der Waals surface area contributed by atoms with Crippen molar-refractivity contribution in [3.05, 3.63) is 0 Å². The highest BCUT2D eigenvalue weighted by Gasteiger charge is 2.30. The van der Waals surface area contributed by atoms with Crippen molar-refractivity contribution in [3.8, 4) is 0 Å². The molecule has 92 heavy (non-hydrogen) atoms. The van der Waals surface area contributed by atoms with Gasteiger partial charge in [-0.2, -0.15) is 0 Å². The zero-order valence-corrected chi connectivity index (χ0v) is 61.5. The van der Waals surface area contributed by atoms with Crippen LogP contribution in [0.15, 0.2) is 0 Å². The first-order valence-electron chi connectivity index (χ1n) is 38.1. The van der Waals surface area contributed by atoms with E-state index in [2.05, 4.69) is 34.6 Å². The van der Waals surface area contributed by atoms with Crippen LogP contribution in [0.3, 0.4) is 0 Å². The molecule has 0 aromatic heterocycles. The van der Waals surface area contributed by atoms with Gasteiger partial charge in [0.15, 0.2) is 12.2 Å². The number of hydrogen-bond acceptors (Lipinski definition) is 15. The maximum Gasteiger partial charge on any atom is 0.472 e. The Kier molecular flexibility index (Phi) is 64.9. The number of aliphatic hydroxyl groups is 1. The van der Waals surface area contributed by atoms with Crippen LogP contribution in [0.1, 0.15) is 381 Å². The number of hydrogen-bond donors (Lipinski definition) is 3. The summed E-state index contributed by atoms with van der Waals surface area (Å²) >= 11 is 0. The van der Waals surface area contributed by atoms with Gasteiger partial charge in [0.05, 0.1) is 26.4 Å². The lowest BCUT2D eigenvalue weighted by molar-refractivity contribution is -0.161. The molecule has 0 aliphatic carbocycles. The molecule has 0 aliphatic rings. The average Bonchev–Trinajstić information content (AvgIpc) is 3.42. The predicted octanol–water partition coefficient (Wildman–Crippen LogP) is 21.3. The fraction of sp³-hybridized carbons (Fsp3) is 0.945. The number of aliphatic hydroxyl groups excluding tert-OH is 1. The Morgan fingerprint density at radius 3 is 0.739 bits per heavy atom. The van der Waals surface area contributed by atoms with E-state index in [1.165, 1.54) is 193 Å². The smallest absolute Gasteiger partial charge is 0.462 e. The summed E-state index contributed by atoms with van der Waals surface area (Å²) in [4.78, 5) is 72.5. The van der Waals surface area contributed by atoms with Crippen LogP contribution in [-0.4, -0.2) is 96.7 Å². The van der Waals surface area contributed by atoms with E-state index in [9.17, 15) is 43.2 Å². The van der Waals surface area contributed by atoms with Gasteiger partial charge in [-0.05, 0) is 31.6 Å². The molecule has 0 spiro atoms. The minimum Gasteiger partial charge on any atom is -0.462 e. The predicted molar refractivity (Wildman–Crippen MR) is 372 cm³/mol. The Morgan fingerprint density at radius 2 is 0.500 bits per heavy atom. The number of ether oxygens (including phenoxy) is 4. The van der Waals surface area contributed by atoms with Crippen molar-refractivity contribution in [1.29, 1.82) is 0 Å². The molecule has 0 saturated heterocycles. The van der Waals surface area contributed by atoms with E-state index < -0.39 is 97.5 Å². The van der Waals surface area contributed by atoms with Gasteiger partial charge in [0, 0.05) is 25.7 Å². The molecule has 0 aliphatic heterocycles. The van der Waals surface area contributed by atoms with E-state index >= 15 is 0 Å². The van der Waals surface area contributed by atoms with E-state index in [0.29, 0.717) is 25.7 Å². The maximum absolute atomic E-state index is 13.1. The number of phosphoric ester groups is 2. The first-order chi connectivity index (χ1) is 44.5. The lowest BCUT2D eigenvalue weighted by atomic mass is 10.0. The second-order valence-corrected chi connectivity index (χ2v) is 29.7. The van der Waals surface area contributed by atoms with Gasteiger partial charge in [-0.25, -0.2) is 9.13 Å². The normalized spacial score (nSPS) is 14.0. The maximum atomic E-state index is 13.1. The van der Waals surface area contributed by atoms with Crippen LogP contribution in [0.25, 0.3) is 0 Å². The summed E-state index contributed by atoms with van der Waals surface area (Å²) in [5, 5.41) is 10.6. The van der Waals surface area contributed by atoms with Crippen molar-refractivity contribution in [2.24, 2.45) is 5.92 Å². The van der Waals surface area contributed by atoms with Crippen LogP contribution < -0.4 is 0 Å². The largest absolute Gasteiger partial charge is 0.472 e. The van der Waals surface area contributed by atoms with Crippen LogP contribution in [-0.2, 0) is 65.4 Å². The average molecular weight is 1350 g/mol. The quantitative estimate of drug-likeness (QED) is 0.0222. The highest BCUT2D eigenvalue weighted by molar-refractivity contribution is 7.47. The summed E-state index contributed by atoms with van der Waals surface area (Å²) in [6, 6.07) is 0. The Balaban J connectivity index is 5.16. The standard InChI is InChI=1S/C73H142O17P2/c1-6-9-12-15-18-21-22-23-24-25-26-29-32-35-38-43-47-52-57-71(76)84-63-69(90-73(78)59-54-49-44-39-36-33-30-27-28-31-34-37-40-45-50-55-66(4)5)65-88-92(81,82)86-61-67(74)60-85-91(79,80)87-64-68(89-72(77)58-53-48-42-20-17-14-11-8-3)62-83-70(75)56-51-46-41-19-16-13-10-7-2/h66-69,74H,6-65H2,1-5H3,(H,79,80)(H,81,82)/t67-,68+,69+/m0/s1. The van der Waals surface area contributed by atoms with Crippen molar-refractivity contribution in [3.63, 3.8) is 0 Å². The molecule has 0 heterocycles. The van der Waals surface area contributed by atoms with Crippen LogP contribution >= 0.6 is 15.6 Å². The van der Waals surface area contributed by atoms with Crippen LogP contribution in [0.4, 0.5) is 0 Å². The highest BCUT2D eigenvalue weighted by Crippen LogP contribution is 2.45. The van der Waals surface area contributed by atoms with Gasteiger partial charge in [0.25, 0.3) is 0 Å². The van der Waals surface area contributed by atoms with Crippen molar-refractivity contribution < 1.29 is 80.2 Å². The second kappa shape index (κ2) is 66.3. The zero-order valence-electron chi connectivity index (χ0n) is 59.7. The molecule has 0 aromatic rings. The first-order valence-corrected chi connectivity index (χ1v) is 41.1. The van der Waals surface area contributed by atoms with Crippen molar-refractivity contribution in [2.45, 2.75) is 400 Å². The van der Waals surface area contributed by atoms with Gasteiger partial charge >= 0.3 is 39.5 Å². The van der Waals surface area contributed by atoms with Crippen LogP contribution in [0.2, 0.25) is 0 Å². The monoisotopic (exact) mass is 1350 g/mol. The number of carbonyl (C=O) groups is 4. The molecule has 0 bridgehead atoms. The Hall–Kier alpha value is -1.94. The SMILES string of the molecule is CCCCCCCCCCCCCCCCCCCCC(=O)OC[C@H](COP(=O)(O)OC[C@@H](O)COP(=O)(O)OC[C@@H](COC(=O)CCCCCCCCCC)OC(=O)CCCCCCCCCC)OC(=O)CCCCCCCCCCCCCCCCCC(C)C. The summed E-state index contributed by atoms with van der Waals surface area (Å²) in [6.07, 6.45) is 54.3. The summed E-state index contributed by atoms with van der Waals surface area (Å²) in [5.74, 6) is -1.32. The van der Waals surface area contributed by atoms with Gasteiger partial charge < -0.3 is 33.8 Å². The van der Waals surface area contributed by atoms with Gasteiger partial charge in [0.2, 0.25) is 0 Å². The van der Waals surface area contributed by atoms with Crippen molar-refractivity contribution >= 4 is 39.5 Å². The summed E-state index contributed by atoms with van der Waals surface area (Å²) in [7, 11) is -9.89. The molecule has 17 nitrogen and oxygen atoms in total. The third kappa shape index (κ3) is 66.7.